The summed E-state index contributed by atoms with van der Waals surface area (Å²) in [5.41, 5.74) is 1.87. The number of nitrogens with one attached hydrogen (secondary N) is 1. The molecule has 0 aliphatic carbocycles. The summed E-state index contributed by atoms with van der Waals surface area (Å²) >= 11 is 1.66. The monoisotopic (exact) mass is 460 g/mol. The van der Waals surface area contributed by atoms with Crippen molar-refractivity contribution in [1.82, 2.24) is 4.90 Å². The summed E-state index contributed by atoms with van der Waals surface area (Å²) in [6.07, 6.45) is 4.80. The first-order valence-electron chi connectivity index (χ1n) is 11.0. The zero-order chi connectivity index (χ0) is 22.6. The van der Waals surface area contributed by atoms with Gasteiger partial charge in [-0.15, -0.1) is 11.3 Å². The largest absolute Gasteiger partial charge is 0.454 e. The van der Waals surface area contributed by atoms with Crippen LogP contribution in [-0.4, -0.2) is 36.6 Å². The topological polar surface area (TPSA) is 67.9 Å². The van der Waals surface area contributed by atoms with Gasteiger partial charge in [-0.2, -0.15) is 0 Å². The maximum Gasteiger partial charge on any atom is 0.246 e. The number of carbonyl (C=O) groups is 2. The van der Waals surface area contributed by atoms with Crippen molar-refractivity contribution in [1.29, 1.82) is 0 Å². The number of likely N-dealkylation sites (tertiary alicyclic amines) is 1. The minimum absolute atomic E-state index is 0.0145. The van der Waals surface area contributed by atoms with Crippen molar-refractivity contribution >= 4 is 34.9 Å². The van der Waals surface area contributed by atoms with E-state index in [1.54, 1.807) is 29.5 Å². The highest BCUT2D eigenvalue weighted by Crippen LogP contribution is 2.34. The third-order valence-corrected chi connectivity index (χ3v) is 6.99. The maximum absolute atomic E-state index is 12.7. The van der Waals surface area contributed by atoms with Crippen LogP contribution in [0.2, 0.25) is 0 Å². The molecule has 0 bridgehead atoms. The minimum Gasteiger partial charge on any atom is -0.454 e. The van der Waals surface area contributed by atoms with Crippen LogP contribution in [0.5, 0.6) is 11.5 Å². The second-order valence-electron chi connectivity index (χ2n) is 8.06. The first-order valence-corrected chi connectivity index (χ1v) is 11.8. The van der Waals surface area contributed by atoms with E-state index in [0.29, 0.717) is 43.1 Å². The summed E-state index contributed by atoms with van der Waals surface area (Å²) in [6, 6.07) is 19.7. The molecular weight excluding hydrogens is 436 g/mol. The number of benzene rings is 2. The highest BCUT2D eigenvalue weighted by Gasteiger charge is 2.27. The number of nitrogens with zero attached hydrogens (tertiary/aromatic N) is 1. The van der Waals surface area contributed by atoms with Gasteiger partial charge in [0.15, 0.2) is 11.5 Å². The van der Waals surface area contributed by atoms with Crippen LogP contribution in [0, 0.1) is 5.92 Å². The molecule has 6 nitrogen and oxygen atoms in total. The second-order valence-corrected chi connectivity index (χ2v) is 9.17. The van der Waals surface area contributed by atoms with Crippen LogP contribution in [0.4, 0.5) is 5.69 Å². The first-order chi connectivity index (χ1) is 16.2. The van der Waals surface area contributed by atoms with Gasteiger partial charge in [0.25, 0.3) is 0 Å². The van der Waals surface area contributed by atoms with Crippen molar-refractivity contribution < 1.29 is 19.1 Å². The number of carbonyl (C=O) groups excluding carboxylic acids is 2. The van der Waals surface area contributed by atoms with E-state index in [1.807, 2.05) is 41.3 Å². The van der Waals surface area contributed by atoms with Crippen LogP contribution in [0.15, 0.2) is 66.7 Å². The van der Waals surface area contributed by atoms with Gasteiger partial charge in [-0.1, -0.05) is 30.3 Å². The second kappa shape index (κ2) is 9.50. The molecule has 0 unspecified atom stereocenters. The third kappa shape index (κ3) is 4.93. The number of anilines is 1. The van der Waals surface area contributed by atoms with E-state index in [2.05, 4.69) is 23.5 Å². The van der Waals surface area contributed by atoms with E-state index < -0.39 is 0 Å². The summed E-state index contributed by atoms with van der Waals surface area (Å²) in [7, 11) is 0. The minimum atomic E-state index is -0.117. The average Bonchev–Trinajstić information content (AvgIpc) is 3.52. The number of hydrogen-bond donors (Lipinski definition) is 1. The fourth-order valence-corrected chi connectivity index (χ4v) is 4.96. The molecule has 2 aliphatic heterocycles. The molecule has 3 heterocycles. The molecule has 2 aromatic carbocycles. The molecule has 7 heteroatoms. The fourth-order valence-electron chi connectivity index (χ4n) is 4.04. The van der Waals surface area contributed by atoms with Gasteiger partial charge >= 0.3 is 0 Å². The predicted molar refractivity (Wildman–Crippen MR) is 129 cm³/mol. The summed E-state index contributed by atoms with van der Waals surface area (Å²) in [5.74, 6) is 1.17. The number of rotatable bonds is 5. The predicted octanol–water partition coefficient (Wildman–Crippen LogP) is 5.03. The van der Waals surface area contributed by atoms with E-state index in [4.69, 9.17) is 9.47 Å². The Morgan fingerprint density at radius 1 is 0.970 bits per heavy atom. The molecule has 33 heavy (non-hydrogen) atoms. The molecule has 2 amide bonds. The average molecular weight is 461 g/mol. The SMILES string of the molecule is O=C(Nc1ccc2c(c1)OCO2)C1CCN(C(=O)/C=C/c2ccc(-c3ccccc3)s2)CC1. The van der Waals surface area contributed by atoms with Gasteiger partial charge in [0.1, 0.15) is 0 Å². The lowest BCUT2D eigenvalue weighted by atomic mass is 9.95. The van der Waals surface area contributed by atoms with E-state index in [0.717, 1.165) is 4.88 Å². The standard InChI is InChI=1S/C26H24N2O4S/c29-25(11-8-21-7-10-24(33-21)18-4-2-1-3-5-18)28-14-12-19(13-15-28)26(30)27-20-6-9-22-23(16-20)32-17-31-22/h1-11,16,19H,12-15,17H2,(H,27,30)/b11-8+. The van der Waals surface area contributed by atoms with Gasteiger partial charge in [-0.25, -0.2) is 0 Å². The quantitative estimate of drug-likeness (QED) is 0.542. The molecule has 2 aliphatic rings. The Morgan fingerprint density at radius 2 is 1.76 bits per heavy atom. The molecule has 5 rings (SSSR count). The van der Waals surface area contributed by atoms with E-state index in [1.165, 1.54) is 10.4 Å². The van der Waals surface area contributed by atoms with Crippen molar-refractivity contribution in [3.8, 4) is 21.9 Å². The zero-order valence-electron chi connectivity index (χ0n) is 18.0. The normalized spacial score (nSPS) is 15.7. The fraction of sp³-hybridized carbons (Fsp3) is 0.231. The molecule has 1 N–H and O–H groups in total. The highest BCUT2D eigenvalue weighted by molar-refractivity contribution is 7.16. The van der Waals surface area contributed by atoms with Crippen LogP contribution >= 0.6 is 11.3 Å². The van der Waals surface area contributed by atoms with Gasteiger partial charge in [0.05, 0.1) is 0 Å². The Morgan fingerprint density at radius 3 is 2.58 bits per heavy atom. The molecule has 0 atom stereocenters. The van der Waals surface area contributed by atoms with Crippen molar-refractivity contribution in [2.45, 2.75) is 12.8 Å². The molecule has 1 aromatic heterocycles. The van der Waals surface area contributed by atoms with E-state index >= 15 is 0 Å². The Bertz CT molecular complexity index is 1180. The lowest BCUT2D eigenvalue weighted by Gasteiger charge is -2.30. The Hall–Kier alpha value is -3.58. The summed E-state index contributed by atoms with van der Waals surface area (Å²) in [6.45, 7) is 1.35. The molecule has 0 radical (unpaired) electrons. The smallest absolute Gasteiger partial charge is 0.246 e. The van der Waals surface area contributed by atoms with Gasteiger partial charge in [0.2, 0.25) is 18.6 Å². The number of piperidine rings is 1. The Labute approximate surface area is 196 Å². The Kier molecular flexibility index (Phi) is 6.13. The van der Waals surface area contributed by atoms with Crippen molar-refractivity contribution in [2.75, 3.05) is 25.2 Å². The summed E-state index contributed by atoms with van der Waals surface area (Å²) < 4.78 is 10.7. The highest BCUT2D eigenvalue weighted by atomic mass is 32.1. The number of amides is 2. The lowest BCUT2D eigenvalue weighted by molar-refractivity contribution is -0.130. The van der Waals surface area contributed by atoms with Crippen LogP contribution in [0.25, 0.3) is 16.5 Å². The van der Waals surface area contributed by atoms with Gasteiger partial charge in [-0.3, -0.25) is 9.59 Å². The number of fused-ring (bicyclic) bond motifs is 1. The number of thiophene rings is 1. The van der Waals surface area contributed by atoms with Crippen molar-refractivity contribution in [3.63, 3.8) is 0 Å². The first kappa shape index (κ1) is 21.3. The molecule has 3 aromatic rings. The molecule has 168 valence electrons. The van der Waals surface area contributed by atoms with Crippen LogP contribution < -0.4 is 14.8 Å². The van der Waals surface area contributed by atoms with E-state index in [9.17, 15) is 9.59 Å². The van der Waals surface area contributed by atoms with E-state index in [-0.39, 0.29) is 24.5 Å². The molecule has 0 spiro atoms. The molecular formula is C26H24N2O4S. The van der Waals surface area contributed by atoms with Gasteiger partial charge in [-0.05, 0) is 48.7 Å². The Balaban J connectivity index is 1.12. The van der Waals surface area contributed by atoms with Gasteiger partial charge in [0, 0.05) is 46.6 Å². The van der Waals surface area contributed by atoms with Crippen LogP contribution in [-0.2, 0) is 9.59 Å². The summed E-state index contributed by atoms with van der Waals surface area (Å²) in [4.78, 5) is 29.3. The van der Waals surface area contributed by atoms with Crippen molar-refractivity contribution in [3.05, 3.63) is 71.6 Å². The zero-order valence-corrected chi connectivity index (χ0v) is 18.8. The summed E-state index contributed by atoms with van der Waals surface area (Å²) in [5, 5.41) is 2.96. The number of hydrogen-bond acceptors (Lipinski definition) is 5. The lowest BCUT2D eigenvalue weighted by Crippen LogP contribution is -2.40. The van der Waals surface area contributed by atoms with Crippen molar-refractivity contribution in [2.24, 2.45) is 5.92 Å². The number of ether oxygens (including phenoxy) is 2. The molecule has 0 saturated carbocycles. The molecule has 1 saturated heterocycles. The molecule has 1 fully saturated rings. The van der Waals surface area contributed by atoms with Gasteiger partial charge < -0.3 is 19.7 Å². The maximum atomic E-state index is 12.7. The third-order valence-electron chi connectivity index (χ3n) is 5.89. The van der Waals surface area contributed by atoms with Crippen LogP contribution in [0.3, 0.4) is 0 Å². The van der Waals surface area contributed by atoms with Crippen LogP contribution in [0.1, 0.15) is 17.7 Å².